The summed E-state index contributed by atoms with van der Waals surface area (Å²) >= 11 is 0. The van der Waals surface area contributed by atoms with Gasteiger partial charge in [-0.3, -0.25) is 0 Å². The second kappa shape index (κ2) is 6.00. The molecule has 0 aliphatic heterocycles. The molecule has 16 heavy (non-hydrogen) atoms. The number of hydrogen-bond donors (Lipinski definition) is 1. The molecule has 90 valence electrons. The Balaban J connectivity index is 2.81. The van der Waals surface area contributed by atoms with Gasteiger partial charge in [-0.2, -0.15) is 0 Å². The van der Waals surface area contributed by atoms with Crippen LogP contribution in [0, 0.1) is 18.7 Å². The zero-order valence-electron chi connectivity index (χ0n) is 10.7. The maximum atomic E-state index is 13.2. The number of nitrogens with one attached hydrogen (secondary N) is 1. The lowest BCUT2D eigenvalue weighted by Gasteiger charge is -2.20. The molecule has 0 bridgehead atoms. The van der Waals surface area contributed by atoms with Gasteiger partial charge in [-0.1, -0.05) is 19.9 Å². The second-order valence-electron chi connectivity index (χ2n) is 4.81. The van der Waals surface area contributed by atoms with Gasteiger partial charge in [0, 0.05) is 6.04 Å². The van der Waals surface area contributed by atoms with Crippen molar-refractivity contribution in [2.75, 3.05) is 7.05 Å². The monoisotopic (exact) mass is 223 g/mol. The van der Waals surface area contributed by atoms with E-state index in [9.17, 15) is 4.39 Å². The zero-order chi connectivity index (χ0) is 12.1. The summed E-state index contributed by atoms with van der Waals surface area (Å²) in [6.45, 7) is 6.46. The summed E-state index contributed by atoms with van der Waals surface area (Å²) in [5.74, 6) is 0.537. The van der Waals surface area contributed by atoms with Crippen molar-refractivity contribution in [3.8, 4) is 0 Å². The van der Waals surface area contributed by atoms with E-state index in [1.54, 1.807) is 6.07 Å². The van der Waals surface area contributed by atoms with Crippen molar-refractivity contribution in [2.24, 2.45) is 5.92 Å². The molecule has 0 saturated heterocycles. The molecule has 0 heterocycles. The van der Waals surface area contributed by atoms with Crippen LogP contribution in [0.5, 0.6) is 0 Å². The highest BCUT2D eigenvalue weighted by molar-refractivity contribution is 5.29. The molecule has 1 nitrogen and oxygen atoms in total. The van der Waals surface area contributed by atoms with Gasteiger partial charge in [0.05, 0.1) is 0 Å². The van der Waals surface area contributed by atoms with E-state index in [4.69, 9.17) is 0 Å². The number of rotatable bonds is 5. The highest BCUT2D eigenvalue weighted by Gasteiger charge is 2.13. The summed E-state index contributed by atoms with van der Waals surface area (Å²) in [6, 6.07) is 5.29. The third-order valence-corrected chi connectivity index (χ3v) is 3.00. The summed E-state index contributed by atoms with van der Waals surface area (Å²) in [5, 5.41) is 3.28. The molecule has 1 unspecified atom stereocenters. The molecule has 2 heteroatoms. The Labute approximate surface area is 98.1 Å². The Morgan fingerprint density at radius 1 is 1.25 bits per heavy atom. The summed E-state index contributed by atoms with van der Waals surface area (Å²) in [7, 11) is 1.94. The van der Waals surface area contributed by atoms with Gasteiger partial charge in [-0.25, -0.2) is 4.39 Å². The summed E-state index contributed by atoms with van der Waals surface area (Å²) < 4.78 is 13.2. The molecule has 0 radical (unpaired) electrons. The number of hydrogen-bond acceptors (Lipinski definition) is 1. The van der Waals surface area contributed by atoms with E-state index in [0.29, 0.717) is 5.92 Å². The van der Waals surface area contributed by atoms with Crippen molar-refractivity contribution >= 4 is 0 Å². The lowest BCUT2D eigenvalue weighted by molar-refractivity contribution is 0.462. The van der Waals surface area contributed by atoms with Crippen molar-refractivity contribution in [1.82, 2.24) is 5.32 Å². The fraction of sp³-hybridized carbons (Fsp3) is 0.571. The first-order chi connectivity index (χ1) is 7.54. The lowest BCUT2D eigenvalue weighted by Crippen LogP contribution is -2.18. The van der Waals surface area contributed by atoms with Gasteiger partial charge < -0.3 is 5.32 Å². The second-order valence-corrected chi connectivity index (χ2v) is 4.81. The van der Waals surface area contributed by atoms with Crippen LogP contribution >= 0.6 is 0 Å². The molecular weight excluding hydrogens is 201 g/mol. The van der Waals surface area contributed by atoms with Gasteiger partial charge in [-0.05, 0) is 56.0 Å². The summed E-state index contributed by atoms with van der Waals surface area (Å²) in [6.07, 6.45) is 2.21. The van der Waals surface area contributed by atoms with E-state index in [0.717, 1.165) is 24.0 Å². The van der Waals surface area contributed by atoms with Crippen molar-refractivity contribution in [3.63, 3.8) is 0 Å². The average Bonchev–Trinajstić information content (AvgIpc) is 2.23. The highest BCUT2D eigenvalue weighted by atomic mass is 19.1. The van der Waals surface area contributed by atoms with E-state index in [1.807, 2.05) is 20.0 Å². The van der Waals surface area contributed by atoms with E-state index in [2.05, 4.69) is 19.2 Å². The Morgan fingerprint density at radius 3 is 2.50 bits per heavy atom. The Morgan fingerprint density at radius 2 is 1.94 bits per heavy atom. The van der Waals surface area contributed by atoms with Crippen LogP contribution < -0.4 is 5.32 Å². The van der Waals surface area contributed by atoms with Crippen LogP contribution in [0.3, 0.4) is 0 Å². The van der Waals surface area contributed by atoms with E-state index in [-0.39, 0.29) is 11.9 Å². The van der Waals surface area contributed by atoms with Crippen LogP contribution in [-0.4, -0.2) is 7.05 Å². The van der Waals surface area contributed by atoms with Gasteiger partial charge in [0.15, 0.2) is 0 Å². The Bertz CT molecular complexity index is 334. The van der Waals surface area contributed by atoms with E-state index >= 15 is 0 Å². The lowest BCUT2D eigenvalue weighted by atomic mass is 9.94. The molecule has 0 aliphatic rings. The van der Waals surface area contributed by atoms with Crippen LogP contribution in [0.2, 0.25) is 0 Å². The van der Waals surface area contributed by atoms with Crippen LogP contribution in [0.1, 0.15) is 43.9 Å². The molecule has 0 fully saturated rings. The molecule has 1 N–H and O–H groups in total. The quantitative estimate of drug-likeness (QED) is 0.800. The Hall–Kier alpha value is -0.890. The fourth-order valence-electron chi connectivity index (χ4n) is 1.94. The molecule has 0 spiro atoms. The van der Waals surface area contributed by atoms with Crippen molar-refractivity contribution in [1.29, 1.82) is 0 Å². The SMILES string of the molecule is CNC(CCC(C)C)c1cc(F)ccc1C. The van der Waals surface area contributed by atoms with Crippen molar-refractivity contribution in [3.05, 3.63) is 35.1 Å². The third kappa shape index (κ3) is 3.60. The van der Waals surface area contributed by atoms with Crippen LogP contribution in [0.25, 0.3) is 0 Å². The highest BCUT2D eigenvalue weighted by Crippen LogP contribution is 2.24. The van der Waals surface area contributed by atoms with Gasteiger partial charge in [-0.15, -0.1) is 0 Å². The minimum Gasteiger partial charge on any atom is -0.313 e. The van der Waals surface area contributed by atoms with Gasteiger partial charge in [0.1, 0.15) is 5.82 Å². The maximum Gasteiger partial charge on any atom is 0.123 e. The number of benzene rings is 1. The summed E-state index contributed by atoms with van der Waals surface area (Å²) in [5.41, 5.74) is 2.24. The zero-order valence-corrected chi connectivity index (χ0v) is 10.7. The van der Waals surface area contributed by atoms with Crippen LogP contribution in [-0.2, 0) is 0 Å². The molecule has 1 rings (SSSR count). The number of aryl methyl sites for hydroxylation is 1. The van der Waals surface area contributed by atoms with Crippen molar-refractivity contribution in [2.45, 2.75) is 39.7 Å². The van der Waals surface area contributed by atoms with E-state index in [1.165, 1.54) is 6.07 Å². The predicted octanol–water partition coefficient (Wildman–Crippen LogP) is 3.83. The standard InChI is InChI=1S/C14H22FN/c1-10(2)5-8-14(16-4)13-9-12(15)7-6-11(13)3/h6-7,9-10,14,16H,5,8H2,1-4H3. The minimum atomic E-state index is -0.148. The molecule has 0 aromatic heterocycles. The van der Waals surface area contributed by atoms with Crippen LogP contribution in [0.15, 0.2) is 18.2 Å². The summed E-state index contributed by atoms with van der Waals surface area (Å²) in [4.78, 5) is 0. The molecule has 1 aromatic rings. The van der Waals surface area contributed by atoms with Gasteiger partial charge in [0.25, 0.3) is 0 Å². The smallest absolute Gasteiger partial charge is 0.123 e. The minimum absolute atomic E-state index is 0.148. The maximum absolute atomic E-state index is 13.2. The molecule has 0 saturated carbocycles. The van der Waals surface area contributed by atoms with Crippen LogP contribution in [0.4, 0.5) is 4.39 Å². The Kier molecular flexibility index (Phi) is 4.94. The normalized spacial score (nSPS) is 13.1. The van der Waals surface area contributed by atoms with E-state index < -0.39 is 0 Å². The van der Waals surface area contributed by atoms with Crippen molar-refractivity contribution < 1.29 is 4.39 Å². The van der Waals surface area contributed by atoms with Gasteiger partial charge >= 0.3 is 0 Å². The molecule has 1 atom stereocenters. The fourth-order valence-corrected chi connectivity index (χ4v) is 1.94. The molecule has 1 aromatic carbocycles. The first kappa shape index (κ1) is 13.2. The molecular formula is C14H22FN. The average molecular weight is 223 g/mol. The first-order valence-electron chi connectivity index (χ1n) is 5.98. The first-order valence-corrected chi connectivity index (χ1v) is 5.98. The predicted molar refractivity (Wildman–Crippen MR) is 67.0 cm³/mol. The molecule has 0 aliphatic carbocycles. The number of halogens is 1. The molecule has 0 amide bonds. The van der Waals surface area contributed by atoms with Gasteiger partial charge in [0.2, 0.25) is 0 Å². The topological polar surface area (TPSA) is 12.0 Å². The largest absolute Gasteiger partial charge is 0.313 e. The third-order valence-electron chi connectivity index (χ3n) is 3.00.